The zero-order valence-electron chi connectivity index (χ0n) is 13.7. The van der Waals surface area contributed by atoms with Crippen molar-refractivity contribution in [3.8, 4) is 11.4 Å². The van der Waals surface area contributed by atoms with Gasteiger partial charge in [-0.2, -0.15) is 0 Å². The van der Waals surface area contributed by atoms with Crippen LogP contribution >= 0.6 is 11.6 Å². The molecule has 0 spiro atoms. The van der Waals surface area contributed by atoms with Crippen LogP contribution in [-0.4, -0.2) is 36.0 Å². The van der Waals surface area contributed by atoms with E-state index in [4.69, 9.17) is 21.1 Å². The fourth-order valence-corrected chi connectivity index (χ4v) is 3.16. The van der Waals surface area contributed by atoms with Crippen molar-refractivity contribution in [2.75, 3.05) is 20.3 Å². The van der Waals surface area contributed by atoms with E-state index in [1.807, 2.05) is 36.4 Å². The minimum atomic E-state index is -1.06. The van der Waals surface area contributed by atoms with Gasteiger partial charge in [0.1, 0.15) is 16.5 Å². The number of nitrogens with zero attached hydrogens (tertiary/aromatic N) is 1. The molecule has 0 saturated carbocycles. The molecule has 1 heterocycles. The van der Waals surface area contributed by atoms with Crippen LogP contribution in [0.4, 0.5) is 0 Å². The highest BCUT2D eigenvalue weighted by atomic mass is 35.5. The van der Waals surface area contributed by atoms with Gasteiger partial charge < -0.3 is 14.6 Å². The second kappa shape index (κ2) is 7.59. The molecule has 6 heteroatoms. The SMILES string of the molecule is COCCCOc1ccccc1-n1c(Cl)c(C(=O)O)c2ccccc21. The van der Waals surface area contributed by atoms with Crippen LogP contribution in [0.25, 0.3) is 16.6 Å². The molecule has 5 nitrogen and oxygen atoms in total. The first-order chi connectivity index (χ1) is 12.1. The molecule has 2 aromatic carbocycles. The van der Waals surface area contributed by atoms with E-state index in [1.165, 1.54) is 0 Å². The van der Waals surface area contributed by atoms with Gasteiger partial charge >= 0.3 is 5.97 Å². The Morgan fingerprint density at radius 1 is 1.12 bits per heavy atom. The summed E-state index contributed by atoms with van der Waals surface area (Å²) in [4.78, 5) is 11.7. The Kier molecular flexibility index (Phi) is 5.26. The van der Waals surface area contributed by atoms with E-state index in [1.54, 1.807) is 23.8 Å². The summed E-state index contributed by atoms with van der Waals surface area (Å²) in [6.45, 7) is 1.10. The Morgan fingerprint density at radius 2 is 1.84 bits per heavy atom. The predicted octanol–water partition coefficient (Wildman–Crippen LogP) is 4.40. The summed E-state index contributed by atoms with van der Waals surface area (Å²) in [6.07, 6.45) is 0.755. The van der Waals surface area contributed by atoms with E-state index < -0.39 is 5.97 Å². The molecule has 0 fully saturated rings. The second-order valence-electron chi connectivity index (χ2n) is 5.49. The third kappa shape index (κ3) is 3.34. The number of carboxylic acid groups (broad SMARTS) is 1. The Balaban J connectivity index is 2.11. The summed E-state index contributed by atoms with van der Waals surface area (Å²) in [6, 6.07) is 14.7. The van der Waals surface area contributed by atoms with Gasteiger partial charge in [0.2, 0.25) is 0 Å². The number of para-hydroxylation sites is 3. The van der Waals surface area contributed by atoms with E-state index in [0.29, 0.717) is 30.0 Å². The molecule has 1 aromatic heterocycles. The Bertz CT molecular complexity index is 904. The maximum Gasteiger partial charge on any atom is 0.339 e. The van der Waals surface area contributed by atoms with Crippen LogP contribution in [-0.2, 0) is 4.74 Å². The molecule has 0 aliphatic heterocycles. The lowest BCUT2D eigenvalue weighted by Crippen LogP contribution is -2.05. The average molecular weight is 360 g/mol. The third-order valence-corrected chi connectivity index (χ3v) is 4.25. The van der Waals surface area contributed by atoms with E-state index >= 15 is 0 Å². The summed E-state index contributed by atoms with van der Waals surface area (Å²) in [5.41, 5.74) is 1.51. The number of rotatable bonds is 7. The van der Waals surface area contributed by atoms with Gasteiger partial charge in [-0.15, -0.1) is 0 Å². The van der Waals surface area contributed by atoms with Crippen molar-refractivity contribution in [3.63, 3.8) is 0 Å². The Labute approximate surface area is 150 Å². The lowest BCUT2D eigenvalue weighted by molar-refractivity contribution is 0.0699. The summed E-state index contributed by atoms with van der Waals surface area (Å²) >= 11 is 6.44. The van der Waals surface area contributed by atoms with E-state index in [9.17, 15) is 9.90 Å². The maximum atomic E-state index is 11.7. The minimum Gasteiger partial charge on any atom is -0.491 e. The predicted molar refractivity (Wildman–Crippen MR) is 97.2 cm³/mol. The molecule has 0 saturated heterocycles. The van der Waals surface area contributed by atoms with Gasteiger partial charge in [-0.05, 0) is 18.2 Å². The van der Waals surface area contributed by atoms with E-state index in [0.717, 1.165) is 11.9 Å². The highest BCUT2D eigenvalue weighted by Crippen LogP contribution is 2.36. The fraction of sp³-hybridized carbons (Fsp3) is 0.211. The first-order valence-electron chi connectivity index (χ1n) is 7.88. The lowest BCUT2D eigenvalue weighted by atomic mass is 10.2. The quantitative estimate of drug-likeness (QED) is 0.635. The van der Waals surface area contributed by atoms with Gasteiger partial charge in [0.05, 0.1) is 17.8 Å². The van der Waals surface area contributed by atoms with Crippen molar-refractivity contribution in [2.45, 2.75) is 6.42 Å². The highest BCUT2D eigenvalue weighted by molar-refractivity contribution is 6.35. The first kappa shape index (κ1) is 17.3. The fourth-order valence-electron chi connectivity index (χ4n) is 2.80. The van der Waals surface area contributed by atoms with Gasteiger partial charge in [0.25, 0.3) is 0 Å². The van der Waals surface area contributed by atoms with Crippen LogP contribution in [0, 0.1) is 0 Å². The number of ether oxygens (including phenoxy) is 2. The molecule has 1 N–H and O–H groups in total. The van der Waals surface area contributed by atoms with Gasteiger partial charge in [0, 0.05) is 25.5 Å². The number of methoxy groups -OCH3 is 1. The molecule has 3 rings (SSSR count). The van der Waals surface area contributed by atoms with Gasteiger partial charge in [-0.3, -0.25) is 4.57 Å². The first-order valence-corrected chi connectivity index (χ1v) is 8.26. The standard InChI is InChI=1S/C19H18ClNO4/c1-24-11-6-12-25-16-10-5-4-9-15(16)21-14-8-3-2-7-13(14)17(18(21)20)19(22)23/h2-5,7-10H,6,11-12H2,1H3,(H,22,23). The van der Waals surface area contributed by atoms with Crippen LogP contribution in [0.1, 0.15) is 16.8 Å². The summed E-state index contributed by atoms with van der Waals surface area (Å²) in [5, 5.41) is 10.3. The molecule has 0 amide bonds. The van der Waals surface area contributed by atoms with Crippen molar-refractivity contribution in [1.82, 2.24) is 4.57 Å². The largest absolute Gasteiger partial charge is 0.491 e. The number of fused-ring (bicyclic) bond motifs is 1. The minimum absolute atomic E-state index is 0.0893. The second-order valence-corrected chi connectivity index (χ2v) is 5.84. The summed E-state index contributed by atoms with van der Waals surface area (Å²) in [5.74, 6) is -0.420. The number of carbonyl (C=O) groups is 1. The number of benzene rings is 2. The summed E-state index contributed by atoms with van der Waals surface area (Å²) < 4.78 is 12.6. The Morgan fingerprint density at radius 3 is 2.60 bits per heavy atom. The number of aromatic nitrogens is 1. The van der Waals surface area contributed by atoms with E-state index in [-0.39, 0.29) is 10.7 Å². The zero-order chi connectivity index (χ0) is 17.8. The van der Waals surface area contributed by atoms with Crippen molar-refractivity contribution >= 4 is 28.5 Å². The smallest absolute Gasteiger partial charge is 0.339 e. The number of hydrogen-bond acceptors (Lipinski definition) is 3. The maximum absolute atomic E-state index is 11.7. The van der Waals surface area contributed by atoms with Crippen LogP contribution < -0.4 is 4.74 Å². The Hall–Kier alpha value is -2.50. The molecule has 0 radical (unpaired) electrons. The molecule has 0 atom stereocenters. The molecular formula is C19H18ClNO4. The van der Waals surface area contributed by atoms with Crippen LogP contribution in [0.5, 0.6) is 5.75 Å². The normalized spacial score (nSPS) is 11.0. The zero-order valence-corrected chi connectivity index (χ0v) is 14.5. The molecule has 0 bridgehead atoms. The number of aromatic carboxylic acids is 1. The van der Waals surface area contributed by atoms with Gasteiger partial charge in [-0.25, -0.2) is 4.79 Å². The molecule has 0 aliphatic rings. The summed E-state index contributed by atoms with van der Waals surface area (Å²) in [7, 11) is 1.65. The van der Waals surface area contributed by atoms with Crippen LogP contribution in [0.15, 0.2) is 48.5 Å². The number of carboxylic acids is 1. The molecular weight excluding hydrogens is 342 g/mol. The molecule has 3 aromatic rings. The molecule has 0 aliphatic carbocycles. The van der Waals surface area contributed by atoms with Crippen molar-refractivity contribution in [2.24, 2.45) is 0 Å². The third-order valence-electron chi connectivity index (χ3n) is 3.89. The highest BCUT2D eigenvalue weighted by Gasteiger charge is 2.22. The molecule has 130 valence electrons. The topological polar surface area (TPSA) is 60.7 Å². The number of hydrogen-bond donors (Lipinski definition) is 1. The van der Waals surface area contributed by atoms with Crippen molar-refractivity contribution in [3.05, 3.63) is 59.2 Å². The van der Waals surface area contributed by atoms with Crippen molar-refractivity contribution in [1.29, 1.82) is 0 Å². The monoisotopic (exact) mass is 359 g/mol. The van der Waals surface area contributed by atoms with Gasteiger partial charge in [-0.1, -0.05) is 41.9 Å². The number of halogens is 1. The van der Waals surface area contributed by atoms with Crippen LogP contribution in [0.3, 0.4) is 0 Å². The average Bonchev–Trinajstić information content (AvgIpc) is 2.91. The molecule has 0 unspecified atom stereocenters. The van der Waals surface area contributed by atoms with E-state index in [2.05, 4.69) is 0 Å². The van der Waals surface area contributed by atoms with Crippen molar-refractivity contribution < 1.29 is 19.4 Å². The van der Waals surface area contributed by atoms with Crippen LogP contribution in [0.2, 0.25) is 5.15 Å². The molecule has 25 heavy (non-hydrogen) atoms. The lowest BCUT2D eigenvalue weighted by Gasteiger charge is -2.14. The van der Waals surface area contributed by atoms with Gasteiger partial charge in [0.15, 0.2) is 0 Å².